The molecule has 0 aliphatic rings. The van der Waals surface area contributed by atoms with Crippen molar-refractivity contribution < 1.29 is 9.53 Å². The molecule has 2 aromatic carbocycles. The molecule has 0 spiro atoms. The first-order chi connectivity index (χ1) is 9.56. The van der Waals surface area contributed by atoms with Crippen LogP contribution in [0.25, 0.3) is 0 Å². The van der Waals surface area contributed by atoms with Crippen LogP contribution in [0.3, 0.4) is 0 Å². The Labute approximate surface area is 119 Å². The summed E-state index contributed by atoms with van der Waals surface area (Å²) in [7, 11) is 0. The molecule has 1 atom stereocenters. The minimum absolute atomic E-state index is 0.155. The van der Waals surface area contributed by atoms with Gasteiger partial charge in [0.1, 0.15) is 5.75 Å². The molecule has 2 aromatic rings. The number of rotatable bonds is 4. The molecule has 0 aromatic heterocycles. The Morgan fingerprint density at radius 2 is 1.80 bits per heavy atom. The van der Waals surface area contributed by atoms with E-state index in [2.05, 4.69) is 5.32 Å². The summed E-state index contributed by atoms with van der Waals surface area (Å²) in [6, 6.07) is 15.3. The standard InChI is InChI=1S/C17H19NO2/c1-12-9-10-13(2)16(11-12)20-14(3)17(19)18-15-7-5-4-6-8-15/h4-11,14H,1-3H3,(H,18,19). The van der Waals surface area contributed by atoms with Gasteiger partial charge < -0.3 is 10.1 Å². The van der Waals surface area contributed by atoms with E-state index >= 15 is 0 Å². The number of carbonyl (C=O) groups excluding carboxylic acids is 1. The molecule has 104 valence electrons. The number of hydrogen-bond donors (Lipinski definition) is 1. The fourth-order valence-electron chi connectivity index (χ4n) is 1.84. The van der Waals surface area contributed by atoms with Gasteiger partial charge in [-0.25, -0.2) is 0 Å². The zero-order valence-electron chi connectivity index (χ0n) is 12.0. The second-order valence-corrected chi connectivity index (χ2v) is 4.88. The number of aryl methyl sites for hydroxylation is 2. The summed E-state index contributed by atoms with van der Waals surface area (Å²) >= 11 is 0. The lowest BCUT2D eigenvalue weighted by Crippen LogP contribution is -2.30. The highest BCUT2D eigenvalue weighted by Gasteiger charge is 2.15. The number of amides is 1. The van der Waals surface area contributed by atoms with Crippen molar-refractivity contribution in [3.63, 3.8) is 0 Å². The van der Waals surface area contributed by atoms with E-state index in [0.29, 0.717) is 0 Å². The maximum absolute atomic E-state index is 12.1. The Bertz CT molecular complexity index is 593. The van der Waals surface area contributed by atoms with Gasteiger partial charge in [0.15, 0.2) is 6.10 Å². The highest BCUT2D eigenvalue weighted by molar-refractivity contribution is 5.94. The number of ether oxygens (including phenoxy) is 1. The summed E-state index contributed by atoms with van der Waals surface area (Å²) in [4.78, 5) is 12.1. The van der Waals surface area contributed by atoms with Crippen molar-refractivity contribution in [2.75, 3.05) is 5.32 Å². The quantitative estimate of drug-likeness (QED) is 0.919. The fraction of sp³-hybridized carbons (Fsp3) is 0.235. The summed E-state index contributed by atoms with van der Waals surface area (Å²) in [6.45, 7) is 5.72. The first kappa shape index (κ1) is 14.1. The van der Waals surface area contributed by atoms with E-state index in [-0.39, 0.29) is 5.91 Å². The van der Waals surface area contributed by atoms with Crippen molar-refractivity contribution in [2.24, 2.45) is 0 Å². The molecule has 1 amide bonds. The summed E-state index contributed by atoms with van der Waals surface area (Å²) in [5, 5.41) is 2.83. The third-order valence-electron chi connectivity index (χ3n) is 3.06. The molecule has 3 heteroatoms. The van der Waals surface area contributed by atoms with Gasteiger partial charge in [0.25, 0.3) is 5.91 Å². The summed E-state index contributed by atoms with van der Waals surface area (Å²) in [5.41, 5.74) is 2.91. The van der Waals surface area contributed by atoms with Crippen LogP contribution in [-0.4, -0.2) is 12.0 Å². The molecule has 0 aliphatic carbocycles. The van der Waals surface area contributed by atoms with E-state index in [0.717, 1.165) is 22.6 Å². The van der Waals surface area contributed by atoms with Gasteiger partial charge in [0.2, 0.25) is 0 Å². The summed E-state index contributed by atoms with van der Waals surface area (Å²) in [5.74, 6) is 0.595. The zero-order valence-corrected chi connectivity index (χ0v) is 12.0. The van der Waals surface area contributed by atoms with Gasteiger partial charge in [-0.3, -0.25) is 4.79 Å². The van der Waals surface area contributed by atoms with Gasteiger partial charge in [-0.15, -0.1) is 0 Å². The van der Waals surface area contributed by atoms with Crippen LogP contribution in [0.15, 0.2) is 48.5 Å². The molecule has 20 heavy (non-hydrogen) atoms. The first-order valence-electron chi connectivity index (χ1n) is 6.66. The first-order valence-corrected chi connectivity index (χ1v) is 6.66. The monoisotopic (exact) mass is 269 g/mol. The zero-order chi connectivity index (χ0) is 14.5. The lowest BCUT2D eigenvalue weighted by atomic mass is 10.1. The van der Waals surface area contributed by atoms with E-state index in [9.17, 15) is 4.79 Å². The summed E-state index contributed by atoms with van der Waals surface area (Å²) in [6.07, 6.45) is -0.546. The van der Waals surface area contributed by atoms with Crippen LogP contribution < -0.4 is 10.1 Å². The molecular formula is C17H19NO2. The van der Waals surface area contributed by atoms with Crippen molar-refractivity contribution >= 4 is 11.6 Å². The number of carbonyl (C=O) groups is 1. The average Bonchev–Trinajstić information content (AvgIpc) is 2.44. The average molecular weight is 269 g/mol. The van der Waals surface area contributed by atoms with Gasteiger partial charge in [-0.05, 0) is 50.1 Å². The smallest absolute Gasteiger partial charge is 0.265 e. The Hall–Kier alpha value is -2.29. The molecule has 0 bridgehead atoms. The molecule has 1 N–H and O–H groups in total. The molecule has 0 heterocycles. The van der Waals surface area contributed by atoms with Gasteiger partial charge in [0, 0.05) is 5.69 Å². The Balaban J connectivity index is 2.02. The van der Waals surface area contributed by atoms with Gasteiger partial charge in [0.05, 0.1) is 0 Å². The normalized spacial score (nSPS) is 11.8. The van der Waals surface area contributed by atoms with Gasteiger partial charge in [-0.2, -0.15) is 0 Å². The van der Waals surface area contributed by atoms with E-state index in [1.807, 2.05) is 62.4 Å². The van der Waals surface area contributed by atoms with Crippen LogP contribution in [0.2, 0.25) is 0 Å². The molecule has 0 radical (unpaired) electrons. The molecule has 0 aliphatic heterocycles. The number of hydrogen-bond acceptors (Lipinski definition) is 2. The molecule has 0 saturated carbocycles. The predicted octanol–water partition coefficient (Wildman–Crippen LogP) is 3.71. The molecule has 0 fully saturated rings. The Kier molecular flexibility index (Phi) is 4.41. The van der Waals surface area contributed by atoms with Crippen LogP contribution in [0.4, 0.5) is 5.69 Å². The second-order valence-electron chi connectivity index (χ2n) is 4.88. The molecule has 0 saturated heterocycles. The minimum Gasteiger partial charge on any atom is -0.481 e. The number of para-hydroxylation sites is 1. The van der Waals surface area contributed by atoms with Crippen LogP contribution in [0, 0.1) is 13.8 Å². The van der Waals surface area contributed by atoms with E-state index < -0.39 is 6.10 Å². The Morgan fingerprint density at radius 3 is 2.50 bits per heavy atom. The highest BCUT2D eigenvalue weighted by Crippen LogP contribution is 2.20. The predicted molar refractivity (Wildman–Crippen MR) is 81.1 cm³/mol. The van der Waals surface area contributed by atoms with E-state index in [1.165, 1.54) is 0 Å². The van der Waals surface area contributed by atoms with E-state index in [4.69, 9.17) is 4.74 Å². The molecular weight excluding hydrogens is 250 g/mol. The highest BCUT2D eigenvalue weighted by atomic mass is 16.5. The van der Waals surface area contributed by atoms with E-state index in [1.54, 1.807) is 6.92 Å². The number of nitrogens with one attached hydrogen (secondary N) is 1. The van der Waals surface area contributed by atoms with Crippen molar-refractivity contribution in [2.45, 2.75) is 26.9 Å². The maximum atomic E-state index is 12.1. The van der Waals surface area contributed by atoms with Crippen LogP contribution in [-0.2, 0) is 4.79 Å². The number of anilines is 1. The van der Waals surface area contributed by atoms with Crippen LogP contribution in [0.1, 0.15) is 18.1 Å². The third-order valence-corrected chi connectivity index (χ3v) is 3.06. The third kappa shape index (κ3) is 3.60. The largest absolute Gasteiger partial charge is 0.481 e. The molecule has 1 unspecified atom stereocenters. The Morgan fingerprint density at radius 1 is 1.10 bits per heavy atom. The SMILES string of the molecule is Cc1ccc(C)c(OC(C)C(=O)Nc2ccccc2)c1. The molecule has 3 nitrogen and oxygen atoms in total. The summed E-state index contributed by atoms with van der Waals surface area (Å²) < 4.78 is 5.75. The second kappa shape index (κ2) is 6.24. The minimum atomic E-state index is -0.546. The number of benzene rings is 2. The fourth-order valence-corrected chi connectivity index (χ4v) is 1.84. The van der Waals surface area contributed by atoms with Crippen molar-refractivity contribution in [3.05, 3.63) is 59.7 Å². The lowest BCUT2D eigenvalue weighted by Gasteiger charge is -2.16. The lowest BCUT2D eigenvalue weighted by molar-refractivity contribution is -0.122. The van der Waals surface area contributed by atoms with Crippen LogP contribution in [0.5, 0.6) is 5.75 Å². The van der Waals surface area contributed by atoms with Gasteiger partial charge >= 0.3 is 0 Å². The van der Waals surface area contributed by atoms with Crippen molar-refractivity contribution in [3.8, 4) is 5.75 Å². The van der Waals surface area contributed by atoms with Gasteiger partial charge in [-0.1, -0.05) is 30.3 Å². The van der Waals surface area contributed by atoms with Crippen LogP contribution >= 0.6 is 0 Å². The maximum Gasteiger partial charge on any atom is 0.265 e. The van der Waals surface area contributed by atoms with Crippen molar-refractivity contribution in [1.29, 1.82) is 0 Å². The molecule has 2 rings (SSSR count). The topological polar surface area (TPSA) is 38.3 Å². The van der Waals surface area contributed by atoms with Crippen molar-refractivity contribution in [1.82, 2.24) is 0 Å².